The fraction of sp³-hybridized carbons (Fsp3) is 0.0769. The molecule has 0 aliphatic rings. The summed E-state index contributed by atoms with van der Waals surface area (Å²) in [4.78, 5) is 9.29. The van der Waals surface area contributed by atoms with Gasteiger partial charge in [-0.1, -0.05) is 0 Å². The van der Waals surface area contributed by atoms with E-state index in [4.69, 9.17) is 4.42 Å². The van der Waals surface area contributed by atoms with Gasteiger partial charge < -0.3 is 4.42 Å². The normalized spacial score (nSPS) is 10.9. The van der Waals surface area contributed by atoms with Crippen molar-refractivity contribution < 1.29 is 8.81 Å². The fourth-order valence-corrected chi connectivity index (χ4v) is 2.32. The third kappa shape index (κ3) is 2.36. The minimum atomic E-state index is -0.302. The van der Waals surface area contributed by atoms with Crippen LogP contribution in [0.1, 0.15) is 5.89 Å². The zero-order chi connectivity index (χ0) is 12.4. The highest BCUT2D eigenvalue weighted by atomic mass is 32.2. The second-order valence-electron chi connectivity index (χ2n) is 3.69. The van der Waals surface area contributed by atoms with Crippen LogP contribution < -0.4 is 0 Å². The number of hydrogen-bond acceptors (Lipinski definition) is 4. The number of rotatable bonds is 3. The van der Waals surface area contributed by atoms with Crippen molar-refractivity contribution in [2.75, 3.05) is 0 Å². The van der Waals surface area contributed by atoms with Crippen molar-refractivity contribution >= 4 is 22.9 Å². The Kier molecular flexibility index (Phi) is 2.98. The van der Waals surface area contributed by atoms with Gasteiger partial charge in [-0.05, 0) is 24.3 Å². The van der Waals surface area contributed by atoms with Gasteiger partial charge in [0.25, 0.3) is 0 Å². The van der Waals surface area contributed by atoms with Gasteiger partial charge >= 0.3 is 0 Å². The lowest BCUT2D eigenvalue weighted by molar-refractivity contribution is 0.555. The van der Waals surface area contributed by atoms with Gasteiger partial charge in [0.05, 0.1) is 5.75 Å². The van der Waals surface area contributed by atoms with Crippen molar-refractivity contribution in [1.82, 2.24) is 9.97 Å². The first-order valence-electron chi connectivity index (χ1n) is 5.39. The maximum Gasteiger partial charge on any atom is 0.205 e. The number of benzene rings is 1. The highest BCUT2D eigenvalue weighted by molar-refractivity contribution is 7.98. The van der Waals surface area contributed by atoms with Crippen LogP contribution >= 0.6 is 11.8 Å². The second kappa shape index (κ2) is 4.78. The van der Waals surface area contributed by atoms with Crippen LogP contribution in [0.2, 0.25) is 0 Å². The molecule has 0 fully saturated rings. The van der Waals surface area contributed by atoms with Crippen molar-refractivity contribution in [2.24, 2.45) is 0 Å². The minimum absolute atomic E-state index is 0.302. The van der Waals surface area contributed by atoms with E-state index >= 15 is 0 Å². The van der Waals surface area contributed by atoms with Crippen LogP contribution in [0.15, 0.2) is 52.0 Å². The number of thioether (sulfide) groups is 1. The van der Waals surface area contributed by atoms with Gasteiger partial charge in [-0.15, -0.1) is 11.8 Å². The van der Waals surface area contributed by atoms with E-state index in [1.54, 1.807) is 30.2 Å². The van der Waals surface area contributed by atoms with Crippen LogP contribution in [0.25, 0.3) is 11.1 Å². The van der Waals surface area contributed by atoms with E-state index < -0.39 is 0 Å². The summed E-state index contributed by atoms with van der Waals surface area (Å²) < 4.78 is 18.5. The summed E-state index contributed by atoms with van der Waals surface area (Å²) in [6.07, 6.45) is 3.48. The van der Waals surface area contributed by atoms with Crippen LogP contribution in [-0.2, 0) is 5.75 Å². The number of oxazole rings is 1. The third-order valence-electron chi connectivity index (χ3n) is 2.41. The lowest BCUT2D eigenvalue weighted by atomic mass is 10.3. The SMILES string of the molecule is Fc1ccc2oc(CSc3ccncc3)nc2c1. The predicted octanol–water partition coefficient (Wildman–Crippen LogP) is 3.65. The molecule has 0 spiro atoms. The van der Waals surface area contributed by atoms with Crippen LogP contribution in [-0.4, -0.2) is 9.97 Å². The molecule has 0 N–H and O–H groups in total. The van der Waals surface area contributed by atoms with Crippen molar-refractivity contribution in [3.05, 3.63) is 54.4 Å². The van der Waals surface area contributed by atoms with Gasteiger partial charge in [0.1, 0.15) is 11.3 Å². The Labute approximate surface area is 107 Å². The van der Waals surface area contributed by atoms with E-state index in [2.05, 4.69) is 9.97 Å². The van der Waals surface area contributed by atoms with Crippen LogP contribution in [0.3, 0.4) is 0 Å². The van der Waals surface area contributed by atoms with Gasteiger partial charge in [-0.3, -0.25) is 4.98 Å². The molecular weight excluding hydrogens is 251 g/mol. The Morgan fingerprint density at radius 2 is 2.00 bits per heavy atom. The molecule has 0 bridgehead atoms. The summed E-state index contributed by atoms with van der Waals surface area (Å²) in [5.41, 5.74) is 1.17. The van der Waals surface area contributed by atoms with E-state index in [0.717, 1.165) is 4.90 Å². The summed E-state index contributed by atoms with van der Waals surface area (Å²) in [7, 11) is 0. The van der Waals surface area contributed by atoms with E-state index in [1.165, 1.54) is 12.1 Å². The molecule has 3 aromatic rings. The van der Waals surface area contributed by atoms with E-state index in [0.29, 0.717) is 22.7 Å². The number of hydrogen-bond donors (Lipinski definition) is 0. The lowest BCUT2D eigenvalue weighted by Crippen LogP contribution is -1.80. The predicted molar refractivity (Wildman–Crippen MR) is 67.8 cm³/mol. The molecule has 2 heterocycles. The number of fused-ring (bicyclic) bond motifs is 1. The molecular formula is C13H9FN2OS. The molecule has 3 rings (SSSR count). The molecule has 3 nitrogen and oxygen atoms in total. The average Bonchev–Trinajstić information content (AvgIpc) is 2.79. The smallest absolute Gasteiger partial charge is 0.205 e. The fourth-order valence-electron chi connectivity index (χ4n) is 1.59. The van der Waals surface area contributed by atoms with Gasteiger partial charge in [0.15, 0.2) is 5.58 Å². The van der Waals surface area contributed by atoms with Crippen molar-refractivity contribution in [3.63, 3.8) is 0 Å². The first-order chi connectivity index (χ1) is 8.81. The summed E-state index contributed by atoms with van der Waals surface area (Å²) >= 11 is 1.60. The monoisotopic (exact) mass is 260 g/mol. The van der Waals surface area contributed by atoms with Crippen molar-refractivity contribution in [3.8, 4) is 0 Å². The quantitative estimate of drug-likeness (QED) is 0.674. The molecule has 2 aromatic heterocycles. The van der Waals surface area contributed by atoms with Gasteiger partial charge in [-0.2, -0.15) is 0 Å². The minimum Gasteiger partial charge on any atom is -0.440 e. The summed E-state index contributed by atoms with van der Waals surface area (Å²) in [6.45, 7) is 0. The Morgan fingerprint density at radius 3 is 2.83 bits per heavy atom. The van der Waals surface area contributed by atoms with Crippen molar-refractivity contribution in [2.45, 2.75) is 10.6 Å². The average molecular weight is 260 g/mol. The molecule has 0 radical (unpaired) electrons. The molecule has 0 atom stereocenters. The topological polar surface area (TPSA) is 38.9 Å². The zero-order valence-corrected chi connectivity index (χ0v) is 10.2. The summed E-state index contributed by atoms with van der Waals surface area (Å²) in [6, 6.07) is 8.19. The van der Waals surface area contributed by atoms with E-state index in [1.807, 2.05) is 12.1 Å². The van der Waals surface area contributed by atoms with Crippen molar-refractivity contribution in [1.29, 1.82) is 0 Å². The molecule has 0 saturated heterocycles. The Bertz CT molecular complexity index is 669. The maximum atomic E-state index is 13.0. The van der Waals surface area contributed by atoms with Gasteiger partial charge in [-0.25, -0.2) is 9.37 Å². The molecule has 0 aliphatic heterocycles. The number of halogens is 1. The zero-order valence-electron chi connectivity index (χ0n) is 9.34. The highest BCUT2D eigenvalue weighted by Gasteiger charge is 2.07. The Morgan fingerprint density at radius 1 is 1.17 bits per heavy atom. The molecule has 90 valence electrons. The van der Waals surface area contributed by atoms with E-state index in [-0.39, 0.29) is 5.82 Å². The standard InChI is InChI=1S/C13H9FN2OS/c14-9-1-2-12-11(7-9)16-13(17-12)8-18-10-3-5-15-6-4-10/h1-7H,8H2. The summed E-state index contributed by atoms with van der Waals surface area (Å²) in [5, 5.41) is 0. The van der Waals surface area contributed by atoms with E-state index in [9.17, 15) is 4.39 Å². The van der Waals surface area contributed by atoms with Gasteiger partial charge in [0, 0.05) is 23.4 Å². The van der Waals surface area contributed by atoms with Crippen LogP contribution in [0, 0.1) is 5.82 Å². The molecule has 1 aromatic carbocycles. The summed E-state index contributed by atoms with van der Waals surface area (Å²) in [5.74, 6) is 0.905. The molecule has 0 amide bonds. The molecule has 0 saturated carbocycles. The largest absolute Gasteiger partial charge is 0.440 e. The molecule has 5 heteroatoms. The number of aromatic nitrogens is 2. The number of pyridine rings is 1. The molecule has 0 unspecified atom stereocenters. The maximum absolute atomic E-state index is 13.0. The Balaban J connectivity index is 1.79. The molecule has 0 aliphatic carbocycles. The van der Waals surface area contributed by atoms with Crippen LogP contribution in [0.4, 0.5) is 4.39 Å². The lowest BCUT2D eigenvalue weighted by Gasteiger charge is -1.96. The Hall–Kier alpha value is -1.88. The highest BCUT2D eigenvalue weighted by Crippen LogP contribution is 2.24. The first kappa shape index (κ1) is 11.2. The number of nitrogens with zero attached hydrogens (tertiary/aromatic N) is 2. The second-order valence-corrected chi connectivity index (χ2v) is 4.74. The first-order valence-corrected chi connectivity index (χ1v) is 6.37. The molecule has 18 heavy (non-hydrogen) atoms. The van der Waals surface area contributed by atoms with Crippen LogP contribution in [0.5, 0.6) is 0 Å². The third-order valence-corrected chi connectivity index (χ3v) is 3.40. The van der Waals surface area contributed by atoms with Gasteiger partial charge in [0.2, 0.25) is 5.89 Å².